The third kappa shape index (κ3) is 4.32. The van der Waals surface area contributed by atoms with E-state index in [2.05, 4.69) is 10.3 Å². The SMILES string of the molecule is CCOc1cc(C(=O)N(C)C2CCNC2)ccc1OCc1ccncc1. The summed E-state index contributed by atoms with van der Waals surface area (Å²) in [4.78, 5) is 18.6. The molecule has 6 heteroatoms. The number of rotatable bonds is 7. The summed E-state index contributed by atoms with van der Waals surface area (Å²) in [5, 5.41) is 3.29. The van der Waals surface area contributed by atoms with Crippen molar-refractivity contribution < 1.29 is 14.3 Å². The maximum Gasteiger partial charge on any atom is 0.254 e. The molecule has 1 N–H and O–H groups in total. The normalized spacial score (nSPS) is 16.3. The van der Waals surface area contributed by atoms with Gasteiger partial charge in [-0.15, -0.1) is 0 Å². The van der Waals surface area contributed by atoms with Crippen LogP contribution in [0.25, 0.3) is 0 Å². The van der Waals surface area contributed by atoms with Gasteiger partial charge >= 0.3 is 0 Å². The van der Waals surface area contributed by atoms with Gasteiger partial charge in [0.1, 0.15) is 6.61 Å². The Morgan fingerprint density at radius 2 is 2.04 bits per heavy atom. The van der Waals surface area contributed by atoms with Gasteiger partial charge < -0.3 is 19.7 Å². The minimum Gasteiger partial charge on any atom is -0.490 e. The zero-order valence-electron chi connectivity index (χ0n) is 15.3. The van der Waals surface area contributed by atoms with E-state index in [0.29, 0.717) is 30.3 Å². The minimum atomic E-state index is 0.000312. The molecule has 1 aromatic carbocycles. The van der Waals surface area contributed by atoms with Gasteiger partial charge in [0.2, 0.25) is 0 Å². The fourth-order valence-electron chi connectivity index (χ4n) is 3.01. The molecule has 0 spiro atoms. The van der Waals surface area contributed by atoms with Crippen molar-refractivity contribution in [2.24, 2.45) is 0 Å². The molecule has 6 nitrogen and oxygen atoms in total. The molecular weight excluding hydrogens is 330 g/mol. The number of nitrogens with one attached hydrogen (secondary N) is 1. The number of carbonyl (C=O) groups excluding carboxylic acids is 1. The van der Waals surface area contributed by atoms with E-state index in [1.807, 2.05) is 31.0 Å². The van der Waals surface area contributed by atoms with Crippen molar-refractivity contribution in [3.8, 4) is 11.5 Å². The predicted octanol–water partition coefficient (Wildman–Crippen LogP) is 2.49. The lowest BCUT2D eigenvalue weighted by atomic mass is 10.1. The molecule has 1 fully saturated rings. The first-order valence-electron chi connectivity index (χ1n) is 8.95. The Bertz CT molecular complexity index is 730. The zero-order valence-corrected chi connectivity index (χ0v) is 15.3. The van der Waals surface area contributed by atoms with E-state index in [1.165, 1.54) is 0 Å². The number of benzene rings is 1. The molecule has 2 heterocycles. The fraction of sp³-hybridized carbons (Fsp3) is 0.400. The first-order valence-corrected chi connectivity index (χ1v) is 8.95. The van der Waals surface area contributed by atoms with Gasteiger partial charge in [-0.1, -0.05) is 0 Å². The van der Waals surface area contributed by atoms with E-state index < -0.39 is 0 Å². The number of hydrogen-bond donors (Lipinski definition) is 1. The van der Waals surface area contributed by atoms with E-state index in [4.69, 9.17) is 9.47 Å². The molecule has 2 aromatic rings. The van der Waals surface area contributed by atoms with Crippen LogP contribution in [-0.2, 0) is 6.61 Å². The highest BCUT2D eigenvalue weighted by Gasteiger charge is 2.24. The Balaban J connectivity index is 1.74. The number of hydrogen-bond acceptors (Lipinski definition) is 5. The van der Waals surface area contributed by atoms with Gasteiger partial charge in [0.25, 0.3) is 5.91 Å². The van der Waals surface area contributed by atoms with Crippen molar-refractivity contribution >= 4 is 5.91 Å². The lowest BCUT2D eigenvalue weighted by Gasteiger charge is -2.24. The standard InChI is InChI=1S/C20H25N3O3/c1-3-25-19-12-16(20(24)23(2)17-8-11-22-13-17)4-5-18(19)26-14-15-6-9-21-10-7-15/h4-7,9-10,12,17,22H,3,8,11,13-14H2,1-2H3. The highest BCUT2D eigenvalue weighted by atomic mass is 16.5. The summed E-state index contributed by atoms with van der Waals surface area (Å²) in [6.07, 6.45) is 4.45. The summed E-state index contributed by atoms with van der Waals surface area (Å²) in [5.74, 6) is 1.22. The molecule has 1 unspecified atom stereocenters. The van der Waals surface area contributed by atoms with Crippen molar-refractivity contribution in [2.75, 3.05) is 26.7 Å². The van der Waals surface area contributed by atoms with Crippen LogP contribution in [0.2, 0.25) is 0 Å². The van der Waals surface area contributed by atoms with E-state index in [-0.39, 0.29) is 11.9 Å². The molecule has 1 aliphatic rings. The highest BCUT2D eigenvalue weighted by Crippen LogP contribution is 2.30. The average Bonchev–Trinajstić information content (AvgIpc) is 3.21. The number of likely N-dealkylation sites (N-methyl/N-ethyl adjacent to an activating group) is 1. The summed E-state index contributed by atoms with van der Waals surface area (Å²) in [6.45, 7) is 4.63. The van der Waals surface area contributed by atoms with E-state index in [1.54, 1.807) is 30.6 Å². The number of amides is 1. The van der Waals surface area contributed by atoms with Gasteiger partial charge in [0.05, 0.1) is 6.61 Å². The van der Waals surface area contributed by atoms with Crippen LogP contribution in [0, 0.1) is 0 Å². The van der Waals surface area contributed by atoms with Crippen molar-refractivity contribution in [3.05, 3.63) is 53.9 Å². The lowest BCUT2D eigenvalue weighted by molar-refractivity contribution is 0.0743. The molecule has 3 rings (SSSR count). The van der Waals surface area contributed by atoms with Crippen LogP contribution in [0.5, 0.6) is 11.5 Å². The number of pyridine rings is 1. The molecular formula is C20H25N3O3. The van der Waals surface area contributed by atoms with Gasteiger partial charge in [0, 0.05) is 37.6 Å². The van der Waals surface area contributed by atoms with Crippen LogP contribution >= 0.6 is 0 Å². The number of carbonyl (C=O) groups is 1. The molecule has 0 aliphatic carbocycles. The molecule has 1 saturated heterocycles. The number of nitrogens with zero attached hydrogens (tertiary/aromatic N) is 2. The van der Waals surface area contributed by atoms with Gasteiger partial charge in [-0.3, -0.25) is 9.78 Å². The molecule has 1 aromatic heterocycles. The molecule has 1 amide bonds. The fourth-order valence-corrected chi connectivity index (χ4v) is 3.01. The molecule has 1 aliphatic heterocycles. The summed E-state index contributed by atoms with van der Waals surface area (Å²) >= 11 is 0. The topological polar surface area (TPSA) is 63.7 Å². The third-order valence-electron chi connectivity index (χ3n) is 4.54. The monoisotopic (exact) mass is 355 g/mol. The molecule has 138 valence electrons. The summed E-state index contributed by atoms with van der Waals surface area (Å²) in [7, 11) is 1.86. The van der Waals surface area contributed by atoms with Crippen LogP contribution in [0.4, 0.5) is 0 Å². The van der Waals surface area contributed by atoms with E-state index >= 15 is 0 Å². The third-order valence-corrected chi connectivity index (χ3v) is 4.54. The van der Waals surface area contributed by atoms with E-state index in [0.717, 1.165) is 25.1 Å². The molecule has 26 heavy (non-hydrogen) atoms. The smallest absolute Gasteiger partial charge is 0.254 e. The van der Waals surface area contributed by atoms with E-state index in [9.17, 15) is 4.79 Å². The second-order valence-electron chi connectivity index (χ2n) is 6.30. The van der Waals surface area contributed by atoms with Crippen LogP contribution in [0.1, 0.15) is 29.3 Å². The maximum atomic E-state index is 12.8. The minimum absolute atomic E-state index is 0.000312. The molecule has 1 atom stereocenters. The van der Waals surface area contributed by atoms with Gasteiger partial charge in [-0.05, 0) is 55.8 Å². The summed E-state index contributed by atoms with van der Waals surface area (Å²) in [5.41, 5.74) is 1.63. The summed E-state index contributed by atoms with van der Waals surface area (Å²) < 4.78 is 11.6. The van der Waals surface area contributed by atoms with Crippen molar-refractivity contribution in [1.82, 2.24) is 15.2 Å². The van der Waals surface area contributed by atoms with Gasteiger partial charge in [-0.25, -0.2) is 0 Å². The molecule has 0 saturated carbocycles. The lowest BCUT2D eigenvalue weighted by Crippen LogP contribution is -2.38. The Kier molecular flexibility index (Phi) is 6.07. The first-order chi connectivity index (χ1) is 12.7. The average molecular weight is 355 g/mol. The Labute approximate surface area is 154 Å². The quantitative estimate of drug-likeness (QED) is 0.827. The Morgan fingerprint density at radius 1 is 1.23 bits per heavy atom. The van der Waals surface area contributed by atoms with Crippen LogP contribution in [-0.4, -0.2) is 48.6 Å². The Morgan fingerprint density at radius 3 is 2.73 bits per heavy atom. The van der Waals surface area contributed by atoms with Crippen molar-refractivity contribution in [2.45, 2.75) is 26.0 Å². The molecule has 0 bridgehead atoms. The van der Waals surface area contributed by atoms with Crippen molar-refractivity contribution in [3.63, 3.8) is 0 Å². The molecule has 0 radical (unpaired) electrons. The van der Waals surface area contributed by atoms with Crippen LogP contribution in [0.15, 0.2) is 42.7 Å². The Hall–Kier alpha value is -2.60. The largest absolute Gasteiger partial charge is 0.490 e. The first kappa shape index (κ1) is 18.2. The maximum absolute atomic E-state index is 12.8. The van der Waals surface area contributed by atoms with Crippen molar-refractivity contribution in [1.29, 1.82) is 0 Å². The van der Waals surface area contributed by atoms with Gasteiger partial charge in [-0.2, -0.15) is 0 Å². The number of ether oxygens (including phenoxy) is 2. The van der Waals surface area contributed by atoms with Gasteiger partial charge in [0.15, 0.2) is 11.5 Å². The number of aromatic nitrogens is 1. The second-order valence-corrected chi connectivity index (χ2v) is 6.30. The van der Waals surface area contributed by atoms with Crippen LogP contribution < -0.4 is 14.8 Å². The summed E-state index contributed by atoms with van der Waals surface area (Å²) in [6, 6.07) is 9.42. The second kappa shape index (κ2) is 8.67. The predicted molar refractivity (Wildman–Crippen MR) is 99.5 cm³/mol. The highest BCUT2D eigenvalue weighted by molar-refractivity contribution is 5.95. The zero-order chi connectivity index (χ0) is 18.4. The van der Waals surface area contributed by atoms with Crippen LogP contribution in [0.3, 0.4) is 0 Å².